The van der Waals surface area contributed by atoms with E-state index in [0.29, 0.717) is 13.0 Å². The minimum absolute atomic E-state index is 0.0444. The molecule has 4 nitrogen and oxygen atoms in total. The highest BCUT2D eigenvalue weighted by Crippen LogP contribution is 2.06. The normalized spacial score (nSPS) is 11.4. The van der Waals surface area contributed by atoms with Crippen molar-refractivity contribution in [2.75, 3.05) is 19.8 Å². The van der Waals surface area contributed by atoms with Crippen LogP contribution in [0.4, 0.5) is 0 Å². The fourth-order valence-corrected chi connectivity index (χ4v) is 0.693. The van der Waals surface area contributed by atoms with E-state index in [1.54, 1.807) is 20.8 Å². The van der Waals surface area contributed by atoms with Crippen molar-refractivity contribution in [3.8, 4) is 0 Å². The molecule has 13 heavy (non-hydrogen) atoms. The SMILES string of the molecule is CC(C)(C)OC(=O)COCCCO. The van der Waals surface area contributed by atoms with Gasteiger partial charge in [-0.15, -0.1) is 0 Å². The van der Waals surface area contributed by atoms with Gasteiger partial charge in [0.15, 0.2) is 0 Å². The molecule has 0 rings (SSSR count). The summed E-state index contributed by atoms with van der Waals surface area (Å²) in [5.74, 6) is -0.370. The number of hydrogen-bond donors (Lipinski definition) is 1. The van der Waals surface area contributed by atoms with Gasteiger partial charge in [0.25, 0.3) is 0 Å². The summed E-state index contributed by atoms with van der Waals surface area (Å²) in [6, 6.07) is 0. The van der Waals surface area contributed by atoms with Gasteiger partial charge in [-0.2, -0.15) is 0 Å². The first-order valence-electron chi connectivity index (χ1n) is 4.36. The molecule has 0 amide bonds. The molecule has 0 aromatic rings. The van der Waals surface area contributed by atoms with Crippen LogP contribution in [0.25, 0.3) is 0 Å². The quantitative estimate of drug-likeness (QED) is 0.513. The highest BCUT2D eigenvalue weighted by molar-refractivity contribution is 5.71. The first-order valence-corrected chi connectivity index (χ1v) is 4.36. The van der Waals surface area contributed by atoms with E-state index >= 15 is 0 Å². The average Bonchev–Trinajstić information content (AvgIpc) is 1.94. The number of carbonyl (C=O) groups excluding carboxylic acids is 1. The fourth-order valence-electron chi connectivity index (χ4n) is 0.693. The molecule has 0 aromatic carbocycles. The Balaban J connectivity index is 3.41. The maximum atomic E-state index is 11.0. The van der Waals surface area contributed by atoms with E-state index in [-0.39, 0.29) is 19.2 Å². The molecule has 1 N–H and O–H groups in total. The van der Waals surface area contributed by atoms with Gasteiger partial charge in [-0.05, 0) is 27.2 Å². The van der Waals surface area contributed by atoms with Gasteiger partial charge >= 0.3 is 5.97 Å². The van der Waals surface area contributed by atoms with Crippen LogP contribution < -0.4 is 0 Å². The summed E-state index contributed by atoms with van der Waals surface area (Å²) < 4.78 is 9.94. The molecule has 0 heterocycles. The Labute approximate surface area is 78.8 Å². The summed E-state index contributed by atoms with van der Waals surface area (Å²) in [7, 11) is 0. The third-order valence-electron chi connectivity index (χ3n) is 1.09. The number of ether oxygens (including phenoxy) is 2. The van der Waals surface area contributed by atoms with Gasteiger partial charge in [0.2, 0.25) is 0 Å². The lowest BCUT2D eigenvalue weighted by molar-refractivity contribution is -0.160. The van der Waals surface area contributed by atoms with Gasteiger partial charge in [0.05, 0.1) is 0 Å². The van der Waals surface area contributed by atoms with Gasteiger partial charge in [-0.25, -0.2) is 4.79 Å². The molecule has 0 radical (unpaired) electrons. The predicted molar refractivity (Wildman–Crippen MR) is 48.4 cm³/mol. The fraction of sp³-hybridized carbons (Fsp3) is 0.889. The van der Waals surface area contributed by atoms with Crippen molar-refractivity contribution >= 4 is 5.97 Å². The first-order chi connectivity index (χ1) is 5.95. The summed E-state index contributed by atoms with van der Waals surface area (Å²) in [4.78, 5) is 11.0. The molecule has 0 fully saturated rings. The molecular weight excluding hydrogens is 172 g/mol. The maximum absolute atomic E-state index is 11.0. The number of aliphatic hydroxyl groups is 1. The molecular formula is C9H18O4. The van der Waals surface area contributed by atoms with Crippen LogP contribution in [0.15, 0.2) is 0 Å². The number of rotatable bonds is 5. The van der Waals surface area contributed by atoms with Crippen molar-refractivity contribution in [1.82, 2.24) is 0 Å². The van der Waals surface area contributed by atoms with Crippen molar-refractivity contribution < 1.29 is 19.4 Å². The van der Waals surface area contributed by atoms with E-state index in [1.165, 1.54) is 0 Å². The van der Waals surface area contributed by atoms with Crippen LogP contribution >= 0.6 is 0 Å². The van der Waals surface area contributed by atoms with Crippen LogP contribution in [-0.4, -0.2) is 36.5 Å². The van der Waals surface area contributed by atoms with Gasteiger partial charge in [-0.3, -0.25) is 0 Å². The van der Waals surface area contributed by atoms with Gasteiger partial charge in [-0.1, -0.05) is 0 Å². The molecule has 4 heteroatoms. The van der Waals surface area contributed by atoms with Crippen LogP contribution in [0, 0.1) is 0 Å². The molecule has 0 saturated carbocycles. The van der Waals surface area contributed by atoms with E-state index in [4.69, 9.17) is 14.6 Å². The van der Waals surface area contributed by atoms with Gasteiger partial charge < -0.3 is 14.6 Å². The van der Waals surface area contributed by atoms with Crippen molar-refractivity contribution in [2.24, 2.45) is 0 Å². The second kappa shape index (κ2) is 5.94. The van der Waals surface area contributed by atoms with Gasteiger partial charge in [0, 0.05) is 13.2 Å². The number of hydrogen-bond acceptors (Lipinski definition) is 4. The van der Waals surface area contributed by atoms with Crippen LogP contribution in [0.5, 0.6) is 0 Å². The average molecular weight is 190 g/mol. The summed E-state index contributed by atoms with van der Waals surface area (Å²) in [5.41, 5.74) is -0.461. The van der Waals surface area contributed by atoms with Gasteiger partial charge in [0.1, 0.15) is 12.2 Å². The van der Waals surface area contributed by atoms with Crippen LogP contribution in [0.3, 0.4) is 0 Å². The summed E-state index contributed by atoms with van der Waals surface area (Å²) >= 11 is 0. The molecule has 0 unspecified atom stereocenters. The highest BCUT2D eigenvalue weighted by Gasteiger charge is 2.15. The number of esters is 1. The van der Waals surface area contributed by atoms with Crippen LogP contribution in [0.2, 0.25) is 0 Å². The first kappa shape index (κ1) is 12.4. The van der Waals surface area contributed by atoms with E-state index in [0.717, 1.165) is 0 Å². The zero-order valence-corrected chi connectivity index (χ0v) is 8.50. The molecule has 0 aliphatic heterocycles. The Morgan fingerprint density at radius 2 is 2.00 bits per heavy atom. The molecule has 0 aromatic heterocycles. The molecule has 78 valence electrons. The Morgan fingerprint density at radius 3 is 2.46 bits per heavy atom. The third kappa shape index (κ3) is 9.30. The molecule has 0 saturated heterocycles. The standard InChI is InChI=1S/C9H18O4/c1-9(2,3)13-8(11)7-12-6-4-5-10/h10H,4-7H2,1-3H3. The predicted octanol–water partition coefficient (Wildman–Crippen LogP) is 0.727. The molecule has 0 atom stereocenters. The van der Waals surface area contributed by atoms with E-state index in [1.807, 2.05) is 0 Å². The van der Waals surface area contributed by atoms with E-state index in [9.17, 15) is 4.79 Å². The number of aliphatic hydroxyl groups excluding tert-OH is 1. The molecule has 0 aliphatic carbocycles. The van der Waals surface area contributed by atoms with Crippen molar-refractivity contribution in [2.45, 2.75) is 32.8 Å². The summed E-state index contributed by atoms with van der Waals surface area (Å²) in [6.07, 6.45) is 0.544. The van der Waals surface area contributed by atoms with Crippen LogP contribution in [-0.2, 0) is 14.3 Å². The molecule has 0 bridgehead atoms. The number of carbonyl (C=O) groups is 1. The lowest BCUT2D eigenvalue weighted by Gasteiger charge is -2.19. The second-order valence-corrected chi connectivity index (χ2v) is 3.72. The van der Waals surface area contributed by atoms with E-state index in [2.05, 4.69) is 0 Å². The lowest BCUT2D eigenvalue weighted by Crippen LogP contribution is -2.26. The Bertz CT molecular complexity index is 148. The largest absolute Gasteiger partial charge is 0.458 e. The van der Waals surface area contributed by atoms with Crippen molar-refractivity contribution in [3.05, 3.63) is 0 Å². The van der Waals surface area contributed by atoms with Crippen molar-refractivity contribution in [1.29, 1.82) is 0 Å². The van der Waals surface area contributed by atoms with Crippen LogP contribution in [0.1, 0.15) is 27.2 Å². The van der Waals surface area contributed by atoms with E-state index < -0.39 is 5.60 Å². The molecule has 0 spiro atoms. The van der Waals surface area contributed by atoms with Crippen molar-refractivity contribution in [3.63, 3.8) is 0 Å². The minimum atomic E-state index is -0.461. The smallest absolute Gasteiger partial charge is 0.332 e. The topological polar surface area (TPSA) is 55.8 Å². The molecule has 0 aliphatic rings. The Morgan fingerprint density at radius 1 is 1.38 bits per heavy atom. The monoisotopic (exact) mass is 190 g/mol. The lowest BCUT2D eigenvalue weighted by atomic mass is 10.2. The second-order valence-electron chi connectivity index (χ2n) is 3.72. The summed E-state index contributed by atoms with van der Waals surface area (Å²) in [5, 5.41) is 8.42. The maximum Gasteiger partial charge on any atom is 0.332 e. The Kier molecular flexibility index (Phi) is 5.66. The third-order valence-corrected chi connectivity index (χ3v) is 1.09. The highest BCUT2D eigenvalue weighted by atomic mass is 16.6. The zero-order valence-electron chi connectivity index (χ0n) is 8.50. The summed E-state index contributed by atoms with van der Waals surface area (Å²) in [6.45, 7) is 5.83. The zero-order chi connectivity index (χ0) is 10.3. The Hall–Kier alpha value is -0.610. The minimum Gasteiger partial charge on any atom is -0.458 e.